The smallest absolute Gasteiger partial charge is 0.135 e. The van der Waals surface area contributed by atoms with Crippen molar-refractivity contribution in [3.05, 3.63) is 54.6 Å². The lowest BCUT2D eigenvalue weighted by molar-refractivity contribution is 0.732. The molecule has 0 aromatic carbocycles. The van der Waals surface area contributed by atoms with Gasteiger partial charge in [-0.05, 0) is 35.1 Å². The number of anilines is 1. The van der Waals surface area contributed by atoms with Crippen LogP contribution in [-0.4, -0.2) is 16.2 Å². The molecule has 6 heteroatoms. The fraction of sp³-hybridized carbons (Fsp3) is 0.0833. The second kappa shape index (κ2) is 4.70. The van der Waals surface area contributed by atoms with E-state index in [1.807, 2.05) is 24.3 Å². The Labute approximate surface area is 104 Å². The van der Waals surface area contributed by atoms with Gasteiger partial charge in [0.05, 0.1) is 11.9 Å². The van der Waals surface area contributed by atoms with Gasteiger partial charge in [0.25, 0.3) is 0 Å². The normalized spacial score (nSPS) is 18.0. The Morgan fingerprint density at radius 1 is 0.889 bits per heavy atom. The molecule has 18 heavy (non-hydrogen) atoms. The Kier molecular flexibility index (Phi) is 2.75. The highest BCUT2D eigenvalue weighted by atomic mass is 15.7. The highest BCUT2D eigenvalue weighted by molar-refractivity contribution is 5.69. The highest BCUT2D eigenvalue weighted by Gasteiger charge is 2.14. The van der Waals surface area contributed by atoms with Gasteiger partial charge in [-0.3, -0.25) is 9.97 Å². The van der Waals surface area contributed by atoms with E-state index in [1.54, 1.807) is 31.0 Å². The summed E-state index contributed by atoms with van der Waals surface area (Å²) in [7, 11) is 0. The minimum absolute atomic E-state index is 0.147. The third kappa shape index (κ3) is 2.08. The molecule has 0 saturated carbocycles. The van der Waals surface area contributed by atoms with Gasteiger partial charge in [-0.1, -0.05) is 0 Å². The Balaban J connectivity index is 1.79. The molecule has 1 atom stereocenters. The highest BCUT2D eigenvalue weighted by Crippen LogP contribution is 2.22. The summed E-state index contributed by atoms with van der Waals surface area (Å²) in [5.74, 6) is 0. The van der Waals surface area contributed by atoms with E-state index < -0.39 is 0 Å². The molecule has 1 aliphatic heterocycles. The molecule has 0 aliphatic carbocycles. The van der Waals surface area contributed by atoms with Gasteiger partial charge in [0.1, 0.15) is 6.04 Å². The molecule has 2 aromatic rings. The average molecular weight is 238 g/mol. The summed E-state index contributed by atoms with van der Waals surface area (Å²) >= 11 is 0. The zero-order valence-corrected chi connectivity index (χ0v) is 9.46. The predicted molar refractivity (Wildman–Crippen MR) is 67.0 cm³/mol. The molecule has 0 spiro atoms. The van der Waals surface area contributed by atoms with Crippen molar-refractivity contribution in [2.45, 2.75) is 6.04 Å². The van der Waals surface area contributed by atoms with Crippen molar-refractivity contribution in [3.63, 3.8) is 0 Å². The van der Waals surface area contributed by atoms with Crippen molar-refractivity contribution in [1.82, 2.24) is 9.97 Å². The molecule has 3 heterocycles. The fourth-order valence-corrected chi connectivity index (χ4v) is 1.59. The van der Waals surface area contributed by atoms with Gasteiger partial charge in [0, 0.05) is 24.8 Å². The Morgan fingerprint density at radius 2 is 1.56 bits per heavy atom. The first-order valence-corrected chi connectivity index (χ1v) is 5.48. The van der Waals surface area contributed by atoms with Crippen LogP contribution in [0.15, 0.2) is 64.5 Å². The maximum atomic E-state index is 4.26. The van der Waals surface area contributed by atoms with E-state index in [0.29, 0.717) is 0 Å². The maximum absolute atomic E-state index is 4.26. The molecule has 0 radical (unpaired) electrons. The zero-order valence-electron chi connectivity index (χ0n) is 9.46. The minimum atomic E-state index is -0.147. The summed E-state index contributed by atoms with van der Waals surface area (Å²) < 4.78 is 0. The SMILES string of the molecule is C1=NN(c2ccncc2)N=NC1c1ccncc1. The Morgan fingerprint density at radius 3 is 2.17 bits per heavy atom. The standard InChI is InChI=1S/C12H10N6/c1-5-13-6-2-10(1)12-9-15-18(17-16-12)11-3-7-14-8-4-11/h1-9,12H. The topological polar surface area (TPSA) is 66.1 Å². The van der Waals surface area contributed by atoms with Gasteiger partial charge in [-0.15, -0.1) is 5.12 Å². The van der Waals surface area contributed by atoms with Crippen molar-refractivity contribution in [2.24, 2.45) is 15.4 Å². The molecule has 0 amide bonds. The first-order chi connectivity index (χ1) is 8.93. The van der Waals surface area contributed by atoms with Crippen LogP contribution in [0.5, 0.6) is 0 Å². The molecule has 1 unspecified atom stereocenters. The first-order valence-electron chi connectivity index (χ1n) is 5.48. The van der Waals surface area contributed by atoms with E-state index in [2.05, 4.69) is 25.4 Å². The molecule has 88 valence electrons. The number of nitrogens with zero attached hydrogens (tertiary/aromatic N) is 6. The van der Waals surface area contributed by atoms with Gasteiger partial charge in [0.15, 0.2) is 0 Å². The van der Waals surface area contributed by atoms with E-state index in [4.69, 9.17) is 0 Å². The molecule has 6 nitrogen and oxygen atoms in total. The number of hydrazone groups is 1. The molecule has 1 aliphatic rings. The van der Waals surface area contributed by atoms with E-state index in [0.717, 1.165) is 11.3 Å². The number of hydrogen-bond donors (Lipinski definition) is 0. The van der Waals surface area contributed by atoms with E-state index in [1.165, 1.54) is 5.12 Å². The van der Waals surface area contributed by atoms with Gasteiger partial charge in [-0.2, -0.15) is 10.2 Å². The van der Waals surface area contributed by atoms with Crippen molar-refractivity contribution in [3.8, 4) is 0 Å². The second-order valence-corrected chi connectivity index (χ2v) is 3.69. The summed E-state index contributed by atoms with van der Waals surface area (Å²) in [4.78, 5) is 7.91. The van der Waals surface area contributed by atoms with Crippen LogP contribution in [0.1, 0.15) is 11.6 Å². The van der Waals surface area contributed by atoms with Crippen LogP contribution in [0.25, 0.3) is 0 Å². The predicted octanol–water partition coefficient (Wildman–Crippen LogP) is 2.39. The number of hydrogen-bond acceptors (Lipinski definition) is 6. The Hall–Kier alpha value is -2.63. The van der Waals surface area contributed by atoms with Crippen LogP contribution in [0, 0.1) is 0 Å². The van der Waals surface area contributed by atoms with Crippen LogP contribution < -0.4 is 5.12 Å². The van der Waals surface area contributed by atoms with Gasteiger partial charge >= 0.3 is 0 Å². The third-order valence-electron chi connectivity index (χ3n) is 2.52. The average Bonchev–Trinajstić information content (AvgIpc) is 2.49. The third-order valence-corrected chi connectivity index (χ3v) is 2.52. The largest absolute Gasteiger partial charge is 0.265 e. The van der Waals surface area contributed by atoms with Crippen LogP contribution in [-0.2, 0) is 0 Å². The van der Waals surface area contributed by atoms with Crippen molar-refractivity contribution in [2.75, 3.05) is 5.12 Å². The summed E-state index contributed by atoms with van der Waals surface area (Å²) in [6, 6.07) is 7.30. The lowest BCUT2D eigenvalue weighted by Crippen LogP contribution is -2.14. The van der Waals surface area contributed by atoms with Gasteiger partial charge in [-0.25, -0.2) is 0 Å². The second-order valence-electron chi connectivity index (χ2n) is 3.69. The lowest BCUT2D eigenvalue weighted by Gasteiger charge is -2.17. The van der Waals surface area contributed by atoms with Crippen LogP contribution in [0.2, 0.25) is 0 Å². The summed E-state index contributed by atoms with van der Waals surface area (Å²) in [6.45, 7) is 0. The Bertz CT molecular complexity index is 500. The fourth-order valence-electron chi connectivity index (χ4n) is 1.59. The van der Waals surface area contributed by atoms with E-state index in [9.17, 15) is 0 Å². The summed E-state index contributed by atoms with van der Waals surface area (Å²) in [5.41, 5.74) is 1.85. The van der Waals surface area contributed by atoms with E-state index in [-0.39, 0.29) is 6.04 Å². The van der Waals surface area contributed by atoms with Crippen LogP contribution in [0.4, 0.5) is 5.69 Å². The maximum Gasteiger partial charge on any atom is 0.135 e. The lowest BCUT2D eigenvalue weighted by atomic mass is 10.1. The van der Waals surface area contributed by atoms with Gasteiger partial charge < -0.3 is 0 Å². The van der Waals surface area contributed by atoms with Crippen molar-refractivity contribution in [1.29, 1.82) is 0 Å². The van der Waals surface area contributed by atoms with Gasteiger partial charge in [0.2, 0.25) is 0 Å². The molecular weight excluding hydrogens is 228 g/mol. The molecule has 0 bridgehead atoms. The van der Waals surface area contributed by atoms with Crippen LogP contribution >= 0.6 is 0 Å². The minimum Gasteiger partial charge on any atom is -0.265 e. The monoisotopic (exact) mass is 238 g/mol. The number of pyridine rings is 2. The summed E-state index contributed by atoms with van der Waals surface area (Å²) in [6.07, 6.45) is 8.59. The molecule has 0 N–H and O–H groups in total. The molecule has 3 rings (SSSR count). The zero-order chi connectivity index (χ0) is 12.2. The summed E-state index contributed by atoms with van der Waals surface area (Å²) in [5, 5.41) is 14.0. The molecule has 2 aromatic heterocycles. The molecule has 0 fully saturated rings. The number of aromatic nitrogens is 2. The van der Waals surface area contributed by atoms with Crippen molar-refractivity contribution < 1.29 is 0 Å². The quantitative estimate of drug-likeness (QED) is 0.806. The molecular formula is C12H10N6. The first kappa shape index (κ1) is 10.5. The van der Waals surface area contributed by atoms with Crippen LogP contribution in [0.3, 0.4) is 0 Å². The number of rotatable bonds is 2. The van der Waals surface area contributed by atoms with E-state index >= 15 is 0 Å². The van der Waals surface area contributed by atoms with Crippen molar-refractivity contribution >= 4 is 11.9 Å². The molecule has 0 saturated heterocycles.